The van der Waals surface area contributed by atoms with Gasteiger partial charge in [-0.25, -0.2) is 13.1 Å². The maximum Gasteiger partial charge on any atom is 0.240 e. The van der Waals surface area contributed by atoms with Crippen molar-refractivity contribution in [2.75, 3.05) is 12.4 Å². The number of carbonyl (C=O) groups is 1. The number of para-hydroxylation sites is 2. The second-order valence-corrected chi connectivity index (χ2v) is 9.57. The van der Waals surface area contributed by atoms with Gasteiger partial charge in [-0.1, -0.05) is 36.4 Å². The van der Waals surface area contributed by atoms with E-state index in [1.165, 1.54) is 19.2 Å². The molecule has 8 heteroatoms. The molecule has 1 aliphatic carbocycles. The van der Waals surface area contributed by atoms with Crippen LogP contribution in [0, 0.1) is 0 Å². The van der Waals surface area contributed by atoms with Crippen molar-refractivity contribution >= 4 is 21.6 Å². The highest BCUT2D eigenvalue weighted by atomic mass is 32.2. The van der Waals surface area contributed by atoms with Crippen molar-refractivity contribution in [3.63, 3.8) is 0 Å². The quantitative estimate of drug-likeness (QED) is 0.592. The summed E-state index contributed by atoms with van der Waals surface area (Å²) in [6.07, 6.45) is 1.67. The number of methoxy groups -OCH3 is 1. The lowest BCUT2D eigenvalue weighted by atomic mass is 9.87. The second kappa shape index (κ2) is 7.96. The summed E-state index contributed by atoms with van der Waals surface area (Å²) in [6, 6.07) is 19.2. The van der Waals surface area contributed by atoms with E-state index in [2.05, 4.69) is 10.0 Å². The number of hydrogen-bond acceptors (Lipinski definition) is 5. The van der Waals surface area contributed by atoms with Crippen molar-refractivity contribution in [3.05, 3.63) is 77.9 Å². The highest BCUT2D eigenvalue weighted by molar-refractivity contribution is 7.89. The molecule has 2 N–H and O–H groups in total. The van der Waals surface area contributed by atoms with Gasteiger partial charge in [0.05, 0.1) is 23.6 Å². The molecule has 3 aromatic carbocycles. The monoisotopic (exact) mass is 450 g/mol. The zero-order chi connectivity index (χ0) is 22.3. The minimum absolute atomic E-state index is 0.0182. The molecular weight excluding hydrogens is 428 g/mol. The molecule has 0 spiro atoms. The van der Waals surface area contributed by atoms with Crippen LogP contribution in [0.5, 0.6) is 17.2 Å². The van der Waals surface area contributed by atoms with E-state index in [9.17, 15) is 13.2 Å². The zero-order valence-corrected chi connectivity index (χ0v) is 18.2. The van der Waals surface area contributed by atoms with Gasteiger partial charge < -0.3 is 14.8 Å². The molecule has 1 saturated carbocycles. The Balaban J connectivity index is 1.51. The van der Waals surface area contributed by atoms with Crippen LogP contribution in [0.2, 0.25) is 0 Å². The lowest BCUT2D eigenvalue weighted by Crippen LogP contribution is -2.27. The number of ether oxygens (including phenoxy) is 2. The smallest absolute Gasteiger partial charge is 0.240 e. The minimum atomic E-state index is -3.68. The van der Waals surface area contributed by atoms with Crippen LogP contribution in [-0.2, 0) is 14.8 Å². The summed E-state index contributed by atoms with van der Waals surface area (Å²) in [7, 11) is -2.21. The Labute approximate surface area is 186 Å². The van der Waals surface area contributed by atoms with E-state index in [4.69, 9.17) is 9.47 Å². The van der Waals surface area contributed by atoms with Crippen molar-refractivity contribution in [2.24, 2.45) is 0 Å². The second-order valence-electron chi connectivity index (χ2n) is 7.86. The van der Waals surface area contributed by atoms with Crippen molar-refractivity contribution in [3.8, 4) is 17.2 Å². The number of benzene rings is 3. The first-order chi connectivity index (χ1) is 15.5. The van der Waals surface area contributed by atoms with Crippen LogP contribution >= 0.6 is 0 Å². The Morgan fingerprint density at radius 3 is 2.19 bits per heavy atom. The van der Waals surface area contributed by atoms with Gasteiger partial charge in [-0.2, -0.15) is 0 Å². The van der Waals surface area contributed by atoms with Crippen LogP contribution in [-0.4, -0.2) is 27.5 Å². The summed E-state index contributed by atoms with van der Waals surface area (Å²) < 4.78 is 39.3. The molecule has 1 fully saturated rings. The lowest BCUT2D eigenvalue weighted by molar-refractivity contribution is -0.116. The molecular formula is C24H22N2O5S. The molecule has 1 heterocycles. The first-order valence-electron chi connectivity index (χ1n) is 10.3. The fourth-order valence-corrected chi connectivity index (χ4v) is 5.17. The Kier molecular flexibility index (Phi) is 5.11. The molecule has 5 rings (SSSR count). The number of amides is 1. The summed E-state index contributed by atoms with van der Waals surface area (Å²) in [6.45, 7) is 0. The molecule has 0 aromatic heterocycles. The number of rotatable bonds is 6. The zero-order valence-electron chi connectivity index (χ0n) is 17.4. The third kappa shape index (κ3) is 3.83. The fourth-order valence-electron chi connectivity index (χ4n) is 3.84. The molecule has 1 amide bonds. The summed E-state index contributed by atoms with van der Waals surface area (Å²) in [5.41, 5.74) is 1.77. The number of sulfonamides is 1. The van der Waals surface area contributed by atoms with Gasteiger partial charge in [0, 0.05) is 17.2 Å². The first kappa shape index (κ1) is 20.5. The summed E-state index contributed by atoms with van der Waals surface area (Å²) in [4.78, 5) is 13.6. The molecule has 0 bridgehead atoms. The molecule has 32 heavy (non-hydrogen) atoms. The molecule has 0 saturated heterocycles. The molecule has 1 aliphatic heterocycles. The summed E-state index contributed by atoms with van der Waals surface area (Å²) in [5, 5.41) is 2.88. The van der Waals surface area contributed by atoms with E-state index in [1.807, 2.05) is 48.5 Å². The minimum Gasteiger partial charge on any atom is -0.495 e. The molecule has 0 atom stereocenters. The van der Waals surface area contributed by atoms with Crippen LogP contribution in [0.25, 0.3) is 0 Å². The van der Waals surface area contributed by atoms with E-state index in [0.717, 1.165) is 24.0 Å². The average molecular weight is 451 g/mol. The van der Waals surface area contributed by atoms with Crippen molar-refractivity contribution in [2.45, 2.75) is 29.7 Å². The van der Waals surface area contributed by atoms with Crippen LogP contribution in [0.1, 0.15) is 29.9 Å². The third-order valence-corrected chi connectivity index (χ3v) is 7.10. The van der Waals surface area contributed by atoms with Gasteiger partial charge in [-0.3, -0.25) is 4.79 Å². The number of carbonyl (C=O) groups excluding carboxylic acids is 1. The van der Waals surface area contributed by atoms with Crippen molar-refractivity contribution in [1.82, 2.24) is 4.72 Å². The van der Waals surface area contributed by atoms with E-state index in [0.29, 0.717) is 17.2 Å². The normalized spacial score (nSPS) is 15.3. The van der Waals surface area contributed by atoms with Crippen LogP contribution < -0.4 is 19.5 Å². The van der Waals surface area contributed by atoms with E-state index in [1.54, 1.807) is 6.07 Å². The number of hydrogen-bond donors (Lipinski definition) is 2. The van der Waals surface area contributed by atoms with Gasteiger partial charge in [0.2, 0.25) is 15.9 Å². The van der Waals surface area contributed by atoms with Gasteiger partial charge in [-0.05, 0) is 43.2 Å². The molecule has 2 aliphatic rings. The van der Waals surface area contributed by atoms with Gasteiger partial charge in [-0.15, -0.1) is 0 Å². The molecule has 0 unspecified atom stereocenters. The number of anilines is 1. The summed E-state index contributed by atoms with van der Waals surface area (Å²) >= 11 is 0. The fraction of sp³-hybridized carbons (Fsp3) is 0.208. The first-order valence-corrected chi connectivity index (χ1v) is 11.8. The van der Waals surface area contributed by atoms with Gasteiger partial charge in [0.15, 0.2) is 0 Å². The summed E-state index contributed by atoms with van der Waals surface area (Å²) in [5.74, 6) is 0.672. The number of nitrogens with one attached hydrogen (secondary N) is 2. The van der Waals surface area contributed by atoms with Gasteiger partial charge in [0.1, 0.15) is 17.2 Å². The van der Waals surface area contributed by atoms with E-state index < -0.39 is 15.9 Å². The predicted octanol–water partition coefficient (Wildman–Crippen LogP) is 4.01. The number of fused-ring (bicyclic) bond motifs is 2. The maximum absolute atomic E-state index is 13.5. The topological polar surface area (TPSA) is 93.7 Å². The highest BCUT2D eigenvalue weighted by Crippen LogP contribution is 2.44. The molecule has 7 nitrogen and oxygen atoms in total. The average Bonchev–Trinajstić information content (AvgIpc) is 3.60. The van der Waals surface area contributed by atoms with Crippen LogP contribution in [0.15, 0.2) is 71.6 Å². The van der Waals surface area contributed by atoms with E-state index in [-0.39, 0.29) is 22.5 Å². The molecule has 3 aromatic rings. The van der Waals surface area contributed by atoms with Crippen molar-refractivity contribution in [1.29, 1.82) is 0 Å². The molecule has 164 valence electrons. The van der Waals surface area contributed by atoms with Crippen LogP contribution in [0.3, 0.4) is 0 Å². The van der Waals surface area contributed by atoms with Crippen molar-refractivity contribution < 1.29 is 22.7 Å². The Morgan fingerprint density at radius 1 is 0.969 bits per heavy atom. The highest BCUT2D eigenvalue weighted by Gasteiger charge is 2.33. The largest absolute Gasteiger partial charge is 0.495 e. The van der Waals surface area contributed by atoms with Gasteiger partial charge >= 0.3 is 0 Å². The van der Waals surface area contributed by atoms with Gasteiger partial charge in [0.25, 0.3) is 0 Å². The van der Waals surface area contributed by atoms with E-state index >= 15 is 0 Å². The predicted molar refractivity (Wildman–Crippen MR) is 120 cm³/mol. The Morgan fingerprint density at radius 2 is 1.59 bits per heavy atom. The standard InChI is InChI=1S/C24H22N2O5S/c1-30-22-13-12-16(32(28,29)26-15-10-11-15)14-19(22)25-24(27)23-17-6-2-4-8-20(17)31-21-9-5-3-7-18(21)23/h2-9,12-15,23,26H,10-11H2,1H3,(H,25,27). The lowest BCUT2D eigenvalue weighted by Gasteiger charge is -2.27. The Bertz CT molecular complexity index is 1260. The maximum atomic E-state index is 13.5. The Hall–Kier alpha value is -3.36. The van der Waals surface area contributed by atoms with Crippen LogP contribution in [0.4, 0.5) is 5.69 Å². The molecule has 0 radical (unpaired) electrons. The SMILES string of the molecule is COc1ccc(S(=O)(=O)NC2CC2)cc1NC(=O)C1c2ccccc2Oc2ccccc21. The third-order valence-electron chi connectivity index (χ3n) is 5.58.